The predicted octanol–water partition coefficient (Wildman–Crippen LogP) is 4.20. The van der Waals surface area contributed by atoms with Crippen LogP contribution in [-0.4, -0.2) is 33.9 Å². The number of carboxylic acid groups (broad SMARTS) is 1. The van der Waals surface area contributed by atoms with Gasteiger partial charge >= 0.3 is 11.9 Å². The van der Waals surface area contributed by atoms with E-state index in [-0.39, 0.29) is 22.4 Å². The van der Waals surface area contributed by atoms with Gasteiger partial charge in [-0.05, 0) is 80.0 Å². The van der Waals surface area contributed by atoms with Crippen LogP contribution in [0.25, 0.3) is 0 Å². The molecule has 4 aliphatic rings. The molecule has 1 heterocycles. The largest absolute Gasteiger partial charge is 0.481 e. The molecule has 0 spiro atoms. The van der Waals surface area contributed by atoms with Gasteiger partial charge in [0.25, 0.3) is 5.56 Å². The molecular formula is C24H26ClN3O5. The van der Waals surface area contributed by atoms with Gasteiger partial charge in [0.1, 0.15) is 5.02 Å². The van der Waals surface area contributed by atoms with Gasteiger partial charge in [-0.25, -0.2) is 9.48 Å². The molecule has 33 heavy (non-hydrogen) atoms. The number of nitrogens with one attached hydrogen (secondary N) is 1. The highest BCUT2D eigenvalue weighted by Gasteiger charge is 2.59. The Morgan fingerprint density at radius 1 is 1.21 bits per heavy atom. The number of methoxy groups -OCH3 is 1. The molecule has 0 amide bonds. The van der Waals surface area contributed by atoms with Crippen LogP contribution in [0, 0.1) is 17.3 Å². The molecule has 8 nitrogen and oxygen atoms in total. The van der Waals surface area contributed by atoms with E-state index in [0.717, 1.165) is 32.1 Å². The maximum Gasteiger partial charge on any atom is 0.337 e. The molecule has 0 unspecified atom stereocenters. The third-order valence-corrected chi connectivity index (χ3v) is 8.00. The zero-order valence-corrected chi connectivity index (χ0v) is 19.1. The van der Waals surface area contributed by atoms with Crippen molar-refractivity contribution < 1.29 is 19.4 Å². The monoisotopic (exact) mass is 471 g/mol. The molecule has 6 rings (SSSR count). The number of aliphatic carboxylic acids is 1. The van der Waals surface area contributed by atoms with Crippen LogP contribution in [0.15, 0.2) is 35.3 Å². The number of carboxylic acids is 1. The molecule has 4 saturated carbocycles. The zero-order valence-electron chi connectivity index (χ0n) is 18.3. The summed E-state index contributed by atoms with van der Waals surface area (Å²) >= 11 is 6.51. The second-order valence-corrected chi connectivity index (χ2v) is 10.4. The van der Waals surface area contributed by atoms with E-state index in [4.69, 9.17) is 16.3 Å². The van der Waals surface area contributed by atoms with Crippen LogP contribution >= 0.6 is 11.6 Å². The molecule has 4 bridgehead atoms. The minimum absolute atomic E-state index is 0.0464. The number of hydrogen-bond donors (Lipinski definition) is 2. The van der Waals surface area contributed by atoms with Crippen molar-refractivity contribution in [2.24, 2.45) is 17.3 Å². The van der Waals surface area contributed by atoms with Gasteiger partial charge < -0.3 is 15.2 Å². The summed E-state index contributed by atoms with van der Waals surface area (Å²) in [5.41, 5.74) is 0.357. The lowest BCUT2D eigenvalue weighted by molar-refractivity contribution is -0.151. The number of hydrogen-bond acceptors (Lipinski definition) is 6. The minimum atomic E-state index is -0.775. The van der Waals surface area contributed by atoms with Crippen LogP contribution in [-0.2, 0) is 15.1 Å². The number of carbonyl (C=O) groups excluding carboxylic acids is 1. The maximum absolute atomic E-state index is 13.4. The normalized spacial score (nSPS) is 29.6. The van der Waals surface area contributed by atoms with Crippen LogP contribution in [0.2, 0.25) is 5.02 Å². The number of carbonyl (C=O) groups is 2. The van der Waals surface area contributed by atoms with E-state index in [1.165, 1.54) is 11.8 Å². The van der Waals surface area contributed by atoms with Crippen molar-refractivity contribution in [3.05, 3.63) is 51.4 Å². The molecule has 2 N–H and O–H groups in total. The van der Waals surface area contributed by atoms with Gasteiger partial charge in [0.15, 0.2) is 0 Å². The number of halogens is 1. The van der Waals surface area contributed by atoms with E-state index < -0.39 is 17.5 Å². The Kier molecular flexibility index (Phi) is 5.23. The number of anilines is 2. The Morgan fingerprint density at radius 3 is 2.48 bits per heavy atom. The highest BCUT2D eigenvalue weighted by molar-refractivity contribution is 6.33. The van der Waals surface area contributed by atoms with E-state index in [1.807, 2.05) is 0 Å². The Balaban J connectivity index is 1.44. The Hall–Kier alpha value is -2.87. The molecule has 1 aromatic heterocycles. The minimum Gasteiger partial charge on any atom is -0.481 e. The SMILES string of the molecule is COC(=O)c1ccc(Nc2cnn(C34C[C@H]5C[C@@H](CC(CC(=O)O)(C5)C3)C4)c(=O)c2Cl)cc1. The van der Waals surface area contributed by atoms with Crippen LogP contribution in [0.1, 0.15) is 55.3 Å². The topological polar surface area (TPSA) is 111 Å². The van der Waals surface area contributed by atoms with E-state index in [1.54, 1.807) is 30.5 Å². The highest BCUT2D eigenvalue weighted by atomic mass is 35.5. The van der Waals surface area contributed by atoms with Crippen molar-refractivity contribution in [2.45, 2.75) is 50.5 Å². The number of nitrogens with zero attached hydrogens (tertiary/aromatic N) is 2. The first kappa shape index (κ1) is 21.9. The van der Waals surface area contributed by atoms with Crippen molar-refractivity contribution in [1.29, 1.82) is 0 Å². The Morgan fingerprint density at radius 2 is 1.88 bits per heavy atom. The smallest absolute Gasteiger partial charge is 0.337 e. The standard InChI is InChI=1S/C24H26ClN3O5/c1-33-22(32)16-2-4-17(5-3-16)27-18-12-26-28(21(31)20(18)25)24-9-14-6-15(10-24)8-23(7-14,13-24)11-19(29)30/h2-5,12,14-15,27H,6-11,13H2,1H3,(H,29,30)/t14-,15-,23?,24?/m0/s1. The lowest BCUT2D eigenvalue weighted by Gasteiger charge is -2.61. The van der Waals surface area contributed by atoms with Gasteiger partial charge in [0.05, 0.1) is 36.5 Å². The van der Waals surface area contributed by atoms with Crippen molar-refractivity contribution in [1.82, 2.24) is 9.78 Å². The first-order chi connectivity index (χ1) is 15.7. The van der Waals surface area contributed by atoms with Crippen LogP contribution in [0.4, 0.5) is 11.4 Å². The van der Waals surface area contributed by atoms with Gasteiger partial charge in [-0.3, -0.25) is 9.59 Å². The molecular weight excluding hydrogens is 446 g/mol. The fraction of sp³-hybridized carbons (Fsp3) is 0.500. The molecule has 9 heteroatoms. The summed E-state index contributed by atoms with van der Waals surface area (Å²) in [6, 6.07) is 6.63. The molecule has 174 valence electrons. The third kappa shape index (κ3) is 3.80. The summed E-state index contributed by atoms with van der Waals surface area (Å²) in [7, 11) is 1.32. The van der Waals surface area contributed by atoms with Gasteiger partial charge in [-0.2, -0.15) is 5.10 Å². The number of benzene rings is 1. The summed E-state index contributed by atoms with van der Waals surface area (Å²) in [5.74, 6) is -0.364. The summed E-state index contributed by atoms with van der Waals surface area (Å²) in [6.45, 7) is 0. The molecule has 0 saturated heterocycles. The van der Waals surface area contributed by atoms with E-state index in [0.29, 0.717) is 35.2 Å². The van der Waals surface area contributed by atoms with E-state index >= 15 is 0 Å². The molecule has 4 fully saturated rings. The summed E-state index contributed by atoms with van der Waals surface area (Å²) in [5, 5.41) is 17.2. The van der Waals surface area contributed by atoms with Gasteiger partial charge in [-0.15, -0.1) is 0 Å². The molecule has 4 aliphatic carbocycles. The second-order valence-electron chi connectivity index (χ2n) is 10.0. The number of ether oxygens (including phenoxy) is 1. The lowest BCUT2D eigenvalue weighted by Crippen LogP contribution is -2.59. The van der Waals surface area contributed by atoms with E-state index in [9.17, 15) is 19.5 Å². The second kappa shape index (κ2) is 7.87. The van der Waals surface area contributed by atoms with Crippen LogP contribution < -0.4 is 10.9 Å². The maximum atomic E-state index is 13.4. The van der Waals surface area contributed by atoms with Gasteiger partial charge in [0.2, 0.25) is 0 Å². The fourth-order valence-electron chi connectivity index (χ4n) is 7.00. The quantitative estimate of drug-likeness (QED) is 0.607. The highest BCUT2D eigenvalue weighted by Crippen LogP contribution is 2.65. The van der Waals surface area contributed by atoms with E-state index in [2.05, 4.69) is 10.4 Å². The summed E-state index contributed by atoms with van der Waals surface area (Å²) in [4.78, 5) is 36.6. The average molecular weight is 472 g/mol. The first-order valence-electron chi connectivity index (χ1n) is 11.2. The lowest BCUT2D eigenvalue weighted by atomic mass is 9.46. The van der Waals surface area contributed by atoms with Crippen LogP contribution in [0.3, 0.4) is 0 Å². The van der Waals surface area contributed by atoms with Crippen molar-refractivity contribution in [2.75, 3.05) is 12.4 Å². The molecule has 0 radical (unpaired) electrons. The Bertz CT molecular complexity index is 1160. The molecule has 2 atom stereocenters. The number of rotatable bonds is 6. The summed E-state index contributed by atoms with van der Waals surface area (Å²) in [6.07, 6.45) is 6.98. The number of esters is 1. The number of aromatic nitrogens is 2. The molecule has 0 aliphatic heterocycles. The van der Waals surface area contributed by atoms with Gasteiger partial charge in [0, 0.05) is 5.69 Å². The van der Waals surface area contributed by atoms with Crippen molar-refractivity contribution >= 4 is 34.9 Å². The third-order valence-electron chi connectivity index (χ3n) is 7.63. The fourth-order valence-corrected chi connectivity index (χ4v) is 7.17. The Labute approximate surface area is 195 Å². The molecule has 1 aromatic carbocycles. The van der Waals surface area contributed by atoms with Crippen molar-refractivity contribution in [3.63, 3.8) is 0 Å². The summed E-state index contributed by atoms with van der Waals surface area (Å²) < 4.78 is 6.24. The average Bonchev–Trinajstić information content (AvgIpc) is 2.75. The van der Waals surface area contributed by atoms with Crippen molar-refractivity contribution in [3.8, 4) is 0 Å². The zero-order chi connectivity index (χ0) is 23.4. The molecule has 2 aromatic rings. The van der Waals surface area contributed by atoms with Crippen LogP contribution in [0.5, 0.6) is 0 Å². The predicted molar refractivity (Wildman–Crippen MR) is 122 cm³/mol. The van der Waals surface area contributed by atoms with Gasteiger partial charge in [-0.1, -0.05) is 11.6 Å². The first-order valence-corrected chi connectivity index (χ1v) is 11.6.